The average molecular weight is 493 g/mol. The van der Waals surface area contributed by atoms with Crippen molar-refractivity contribution >= 4 is 38.9 Å². The summed E-state index contributed by atoms with van der Waals surface area (Å²) in [6, 6.07) is 9.43. The summed E-state index contributed by atoms with van der Waals surface area (Å²) >= 11 is 3.54. The lowest BCUT2D eigenvalue weighted by molar-refractivity contribution is -0.157. The van der Waals surface area contributed by atoms with E-state index in [9.17, 15) is 14.4 Å². The van der Waals surface area contributed by atoms with Gasteiger partial charge < -0.3 is 14.0 Å². The third-order valence-electron chi connectivity index (χ3n) is 5.68. The first-order valence-electron chi connectivity index (χ1n) is 9.72. The minimum Gasteiger partial charge on any atom is -0.458 e. The van der Waals surface area contributed by atoms with Gasteiger partial charge in [0.1, 0.15) is 12.9 Å². The fraction of sp³-hybridized carbons (Fsp3) is 0.136. The summed E-state index contributed by atoms with van der Waals surface area (Å²) in [5, 5.41) is 0.947. The van der Waals surface area contributed by atoms with Crippen LogP contribution in [-0.4, -0.2) is 31.2 Å². The maximum atomic E-state index is 13.3. The fourth-order valence-electron chi connectivity index (χ4n) is 4.14. The highest BCUT2D eigenvalue weighted by Gasteiger charge is 2.37. The van der Waals surface area contributed by atoms with Crippen LogP contribution in [0.5, 0.6) is 0 Å². The lowest BCUT2D eigenvalue weighted by Crippen LogP contribution is -2.34. The Morgan fingerprint density at radius 1 is 1.25 bits per heavy atom. The molecule has 5 heterocycles. The Balaban J connectivity index is 1.50. The Morgan fingerprint density at radius 3 is 2.94 bits per heavy atom. The van der Waals surface area contributed by atoms with Crippen molar-refractivity contribution in [1.82, 2.24) is 19.1 Å². The van der Waals surface area contributed by atoms with Gasteiger partial charge in [-0.2, -0.15) is 0 Å². The first-order chi connectivity index (χ1) is 15.5. The van der Waals surface area contributed by atoms with E-state index in [0.29, 0.717) is 23.5 Å². The van der Waals surface area contributed by atoms with Gasteiger partial charge in [-0.15, -0.1) is 0 Å². The number of imidazole rings is 1. The first-order valence-corrected chi connectivity index (χ1v) is 10.5. The van der Waals surface area contributed by atoms with Gasteiger partial charge in [0, 0.05) is 33.4 Å². The van der Waals surface area contributed by atoms with E-state index in [1.165, 1.54) is 18.7 Å². The highest BCUT2D eigenvalue weighted by atomic mass is 79.9. The van der Waals surface area contributed by atoms with Gasteiger partial charge in [-0.25, -0.2) is 24.1 Å². The van der Waals surface area contributed by atoms with Crippen LogP contribution < -0.4 is 5.56 Å². The van der Waals surface area contributed by atoms with E-state index in [1.54, 1.807) is 10.6 Å². The van der Waals surface area contributed by atoms with Crippen LogP contribution in [0.25, 0.3) is 22.3 Å². The highest BCUT2D eigenvalue weighted by Crippen LogP contribution is 2.37. The lowest BCUT2D eigenvalue weighted by atomic mass is 10.00. The van der Waals surface area contributed by atoms with Crippen LogP contribution in [0.4, 0.5) is 4.79 Å². The van der Waals surface area contributed by atoms with E-state index in [-0.39, 0.29) is 17.7 Å². The second kappa shape index (κ2) is 6.86. The van der Waals surface area contributed by atoms with E-state index >= 15 is 0 Å². The van der Waals surface area contributed by atoms with Gasteiger partial charge in [0.25, 0.3) is 5.56 Å². The molecule has 0 bridgehead atoms. The smallest absolute Gasteiger partial charge is 0.420 e. The zero-order chi connectivity index (χ0) is 22.0. The number of ether oxygens (including phenoxy) is 2. The highest BCUT2D eigenvalue weighted by molar-refractivity contribution is 9.10. The summed E-state index contributed by atoms with van der Waals surface area (Å²) in [7, 11) is 0. The van der Waals surface area contributed by atoms with Crippen LogP contribution in [0, 0.1) is 0 Å². The van der Waals surface area contributed by atoms with E-state index in [2.05, 4.69) is 20.9 Å². The molecule has 0 spiro atoms. The Hall–Kier alpha value is -3.79. The number of halogens is 1. The first kappa shape index (κ1) is 18.9. The predicted molar refractivity (Wildman–Crippen MR) is 115 cm³/mol. The third kappa shape index (κ3) is 2.72. The normalized spacial score (nSPS) is 16.3. The van der Waals surface area contributed by atoms with Crippen molar-refractivity contribution in [2.24, 2.45) is 0 Å². The van der Waals surface area contributed by atoms with Crippen molar-refractivity contribution in [3.8, 4) is 11.4 Å². The van der Waals surface area contributed by atoms with Crippen LogP contribution in [0.1, 0.15) is 22.8 Å². The number of cyclic esters (lactones) is 1. The standard InChI is InChI=1S/C22H13BrN4O5/c23-15-2-1-3-16-13(15)6-11-8-27-17(18(11)25-16)7-12-14(20(27)28)9-31-21(29)19(12)32-22(30)26-5-4-24-10-26/h1-7,10,19H,8-9H2. The zero-order valence-electron chi connectivity index (χ0n) is 16.3. The van der Waals surface area contributed by atoms with Gasteiger partial charge in [-0.3, -0.25) is 4.79 Å². The Morgan fingerprint density at radius 2 is 2.12 bits per heavy atom. The number of esters is 1. The molecule has 1 unspecified atom stereocenters. The summed E-state index contributed by atoms with van der Waals surface area (Å²) in [6.07, 6.45) is 1.92. The number of aromatic nitrogens is 4. The zero-order valence-corrected chi connectivity index (χ0v) is 17.9. The molecule has 0 radical (unpaired) electrons. The van der Waals surface area contributed by atoms with Gasteiger partial charge in [0.2, 0.25) is 6.10 Å². The monoisotopic (exact) mass is 492 g/mol. The van der Waals surface area contributed by atoms with E-state index in [4.69, 9.17) is 14.5 Å². The summed E-state index contributed by atoms with van der Waals surface area (Å²) < 4.78 is 14.2. The molecule has 0 saturated carbocycles. The summed E-state index contributed by atoms with van der Waals surface area (Å²) in [5.41, 5.74) is 3.21. The van der Waals surface area contributed by atoms with Gasteiger partial charge in [-0.1, -0.05) is 22.0 Å². The number of hydrogen-bond donors (Lipinski definition) is 0. The molecule has 6 rings (SSSR count). The average Bonchev–Trinajstić information content (AvgIpc) is 3.44. The molecular weight excluding hydrogens is 480 g/mol. The Kier molecular flexibility index (Phi) is 4.06. The fourth-order valence-corrected chi connectivity index (χ4v) is 4.61. The van der Waals surface area contributed by atoms with Crippen molar-refractivity contribution in [1.29, 1.82) is 0 Å². The van der Waals surface area contributed by atoms with Crippen molar-refractivity contribution < 1.29 is 19.1 Å². The molecule has 32 heavy (non-hydrogen) atoms. The van der Waals surface area contributed by atoms with E-state index in [0.717, 1.165) is 25.5 Å². The molecule has 1 atom stereocenters. The van der Waals surface area contributed by atoms with Crippen molar-refractivity contribution in [2.45, 2.75) is 19.3 Å². The second-order valence-corrected chi connectivity index (χ2v) is 8.35. The molecule has 0 aliphatic carbocycles. The topological polar surface area (TPSA) is 105 Å². The number of nitrogens with zero attached hydrogens (tertiary/aromatic N) is 4. The third-order valence-corrected chi connectivity index (χ3v) is 6.37. The van der Waals surface area contributed by atoms with Crippen LogP contribution in [0.15, 0.2) is 58.3 Å². The van der Waals surface area contributed by atoms with Crippen LogP contribution in [-0.2, 0) is 27.4 Å². The Labute approximate surface area is 188 Å². The lowest BCUT2D eigenvalue weighted by Gasteiger charge is -2.24. The quantitative estimate of drug-likeness (QED) is 0.331. The molecule has 2 aliphatic heterocycles. The minimum absolute atomic E-state index is 0.177. The summed E-state index contributed by atoms with van der Waals surface area (Å²) in [5.74, 6) is -0.732. The molecule has 9 nitrogen and oxygen atoms in total. The minimum atomic E-state index is -1.36. The number of carbonyl (C=O) groups is 2. The largest absolute Gasteiger partial charge is 0.458 e. The summed E-state index contributed by atoms with van der Waals surface area (Å²) in [4.78, 5) is 46.7. The van der Waals surface area contributed by atoms with E-state index in [1.807, 2.05) is 24.3 Å². The maximum absolute atomic E-state index is 13.3. The molecule has 3 aromatic heterocycles. The number of benzene rings is 1. The van der Waals surface area contributed by atoms with Gasteiger partial charge in [-0.05, 0) is 24.3 Å². The number of pyridine rings is 2. The predicted octanol–water partition coefficient (Wildman–Crippen LogP) is 3.17. The number of hydrogen-bond acceptors (Lipinski definition) is 7. The molecule has 2 aliphatic rings. The molecule has 0 fully saturated rings. The van der Waals surface area contributed by atoms with Crippen LogP contribution >= 0.6 is 15.9 Å². The van der Waals surface area contributed by atoms with Crippen molar-refractivity contribution in [3.63, 3.8) is 0 Å². The second-order valence-electron chi connectivity index (χ2n) is 7.50. The maximum Gasteiger partial charge on any atom is 0.420 e. The van der Waals surface area contributed by atoms with Gasteiger partial charge in [0.15, 0.2) is 0 Å². The molecule has 10 heteroatoms. The van der Waals surface area contributed by atoms with Crippen LogP contribution in [0.3, 0.4) is 0 Å². The molecule has 0 saturated heterocycles. The van der Waals surface area contributed by atoms with Gasteiger partial charge in [0.05, 0.1) is 29.0 Å². The molecule has 4 aromatic rings. The number of rotatable bonds is 1. The SMILES string of the molecule is O=C1OCc2c(cc3n(c2=O)Cc2cc4c(Br)cccc4nc2-3)C1OC(=O)n1ccnc1. The van der Waals surface area contributed by atoms with Gasteiger partial charge >= 0.3 is 12.1 Å². The molecule has 1 aromatic carbocycles. The van der Waals surface area contributed by atoms with Crippen molar-refractivity contribution in [2.75, 3.05) is 0 Å². The summed E-state index contributed by atoms with van der Waals surface area (Å²) in [6.45, 7) is 0.179. The number of fused-ring (bicyclic) bond motifs is 5. The molecule has 158 valence electrons. The van der Waals surface area contributed by atoms with E-state index < -0.39 is 18.2 Å². The molecular formula is C22H13BrN4O5. The van der Waals surface area contributed by atoms with Crippen LogP contribution in [0.2, 0.25) is 0 Å². The molecule has 0 amide bonds. The van der Waals surface area contributed by atoms with Crippen molar-refractivity contribution in [3.05, 3.63) is 80.6 Å². The molecule has 0 N–H and O–H groups in total. The number of carbonyl (C=O) groups excluding carboxylic acids is 2. The Bertz CT molecular complexity index is 1510.